The maximum absolute atomic E-state index is 13.2. The second-order valence-electron chi connectivity index (χ2n) is 11.9. The van der Waals surface area contributed by atoms with Gasteiger partial charge in [-0.2, -0.15) is 0 Å². The Hall–Kier alpha value is -2.86. The van der Waals surface area contributed by atoms with E-state index in [1.54, 1.807) is 0 Å². The molecule has 0 radical (unpaired) electrons. The predicted octanol–water partition coefficient (Wildman–Crippen LogP) is 6.17. The van der Waals surface area contributed by atoms with Gasteiger partial charge in [0.1, 0.15) is 6.10 Å². The molecule has 0 bridgehead atoms. The molecule has 2 aliphatic carbocycles. The Balaban J connectivity index is 1.38. The number of nitrogens with zero attached hydrogens (tertiary/aromatic N) is 1. The third kappa shape index (κ3) is 5.33. The van der Waals surface area contributed by atoms with Crippen molar-refractivity contribution in [1.29, 1.82) is 0 Å². The molecule has 1 saturated heterocycles. The minimum atomic E-state index is -0.612. The maximum atomic E-state index is 13.2. The number of esters is 1. The fourth-order valence-corrected chi connectivity index (χ4v) is 6.84. The van der Waals surface area contributed by atoms with E-state index in [9.17, 15) is 14.7 Å². The lowest BCUT2D eigenvalue weighted by Gasteiger charge is -2.44. The van der Waals surface area contributed by atoms with Gasteiger partial charge in [0.15, 0.2) is 0 Å². The molecular formula is C32H42N2O4. The van der Waals surface area contributed by atoms with E-state index < -0.39 is 6.10 Å². The summed E-state index contributed by atoms with van der Waals surface area (Å²) in [4.78, 5) is 31.2. The first-order chi connectivity index (χ1) is 18.2. The lowest BCUT2D eigenvalue weighted by molar-refractivity contribution is -0.158. The van der Waals surface area contributed by atoms with Crippen molar-refractivity contribution in [3.8, 4) is 0 Å². The van der Waals surface area contributed by atoms with Gasteiger partial charge in [0.2, 0.25) is 5.91 Å². The smallest absolute Gasteiger partial charge is 0.308 e. The van der Waals surface area contributed by atoms with Crippen LogP contribution in [-0.2, 0) is 14.3 Å². The summed E-state index contributed by atoms with van der Waals surface area (Å²) in [6.45, 7) is 8.41. The largest absolute Gasteiger partial charge is 0.461 e. The highest BCUT2D eigenvalue weighted by Crippen LogP contribution is 2.45. The van der Waals surface area contributed by atoms with Crippen LogP contribution in [0.25, 0.3) is 10.9 Å². The second-order valence-corrected chi connectivity index (χ2v) is 11.9. The van der Waals surface area contributed by atoms with E-state index in [1.165, 1.54) is 5.57 Å². The Morgan fingerprint density at radius 3 is 2.82 bits per heavy atom. The van der Waals surface area contributed by atoms with E-state index in [0.717, 1.165) is 42.3 Å². The molecule has 5 rings (SSSR count). The van der Waals surface area contributed by atoms with E-state index in [-0.39, 0.29) is 42.3 Å². The minimum absolute atomic E-state index is 0.0207. The molecule has 2 aromatic rings. The molecule has 3 aliphatic rings. The highest BCUT2D eigenvalue weighted by atomic mass is 16.5. The zero-order valence-corrected chi connectivity index (χ0v) is 23.1. The number of amides is 1. The number of aliphatic hydroxyl groups excluding tert-OH is 1. The highest BCUT2D eigenvalue weighted by molar-refractivity contribution is 5.97. The van der Waals surface area contributed by atoms with Gasteiger partial charge < -0.3 is 19.7 Å². The lowest BCUT2D eigenvalue weighted by Crippen LogP contribution is -2.49. The number of hydrogen-bond donors (Lipinski definition) is 2. The van der Waals surface area contributed by atoms with Crippen LogP contribution in [0.15, 0.2) is 54.3 Å². The van der Waals surface area contributed by atoms with Crippen molar-refractivity contribution in [3.63, 3.8) is 0 Å². The van der Waals surface area contributed by atoms with Gasteiger partial charge in [-0.25, -0.2) is 0 Å². The molecule has 1 aromatic heterocycles. The number of nitrogens with one attached hydrogen (secondary N) is 1. The highest BCUT2D eigenvalue weighted by Gasteiger charge is 2.43. The number of rotatable bonds is 7. The molecule has 1 amide bonds. The number of aliphatic hydroxyl groups is 1. The van der Waals surface area contributed by atoms with Gasteiger partial charge in [0.25, 0.3) is 0 Å². The molecule has 1 unspecified atom stereocenters. The summed E-state index contributed by atoms with van der Waals surface area (Å²) in [5.41, 5.74) is 3.22. The van der Waals surface area contributed by atoms with Gasteiger partial charge >= 0.3 is 5.97 Å². The fourth-order valence-electron chi connectivity index (χ4n) is 6.84. The molecule has 2 heterocycles. The van der Waals surface area contributed by atoms with Crippen molar-refractivity contribution in [2.24, 2.45) is 29.6 Å². The van der Waals surface area contributed by atoms with Gasteiger partial charge in [-0.3, -0.25) is 9.59 Å². The number of piperidine rings is 1. The number of aromatic nitrogens is 1. The number of anilines is 1. The summed E-state index contributed by atoms with van der Waals surface area (Å²) in [7, 11) is 0. The second kappa shape index (κ2) is 11.1. The van der Waals surface area contributed by atoms with Crippen LogP contribution in [0.5, 0.6) is 0 Å². The summed E-state index contributed by atoms with van der Waals surface area (Å²) in [6.07, 6.45) is 12.1. The zero-order chi connectivity index (χ0) is 27.0. The Bertz CT molecular complexity index is 1230. The molecule has 2 N–H and O–H groups in total. The van der Waals surface area contributed by atoms with Crippen molar-refractivity contribution in [2.45, 2.75) is 84.5 Å². The molecule has 1 aliphatic heterocycles. The number of fused-ring (bicyclic) bond motifs is 2. The van der Waals surface area contributed by atoms with E-state index in [1.807, 2.05) is 43.1 Å². The van der Waals surface area contributed by atoms with Crippen molar-refractivity contribution < 1.29 is 19.4 Å². The lowest BCUT2D eigenvalue weighted by atomic mass is 9.65. The van der Waals surface area contributed by atoms with Gasteiger partial charge in [0, 0.05) is 34.7 Å². The summed E-state index contributed by atoms with van der Waals surface area (Å²) >= 11 is 0. The first kappa shape index (κ1) is 26.7. The summed E-state index contributed by atoms with van der Waals surface area (Å²) in [5, 5.41) is 11.6. The Morgan fingerprint density at radius 2 is 2.03 bits per heavy atom. The van der Waals surface area contributed by atoms with Crippen molar-refractivity contribution in [3.05, 3.63) is 54.3 Å². The average molecular weight is 519 g/mol. The Morgan fingerprint density at radius 1 is 1.21 bits per heavy atom. The normalized spacial score (nSPS) is 32.1. The number of aromatic amines is 1. The Labute approximate surface area is 226 Å². The van der Waals surface area contributed by atoms with Crippen molar-refractivity contribution in [2.75, 3.05) is 4.90 Å². The number of carbonyl (C=O) groups excluding carboxylic acids is 2. The maximum Gasteiger partial charge on any atom is 0.308 e. The number of H-pyrrole nitrogens is 1. The zero-order valence-electron chi connectivity index (χ0n) is 23.1. The molecule has 1 fully saturated rings. The van der Waals surface area contributed by atoms with Crippen LogP contribution in [0.4, 0.5) is 5.69 Å². The molecule has 8 atom stereocenters. The van der Waals surface area contributed by atoms with Crippen molar-refractivity contribution >= 4 is 28.5 Å². The summed E-state index contributed by atoms with van der Waals surface area (Å²) in [5.74, 6) is 0.941. The summed E-state index contributed by atoms with van der Waals surface area (Å²) in [6, 6.07) is 8.03. The van der Waals surface area contributed by atoms with Gasteiger partial charge in [-0.15, -0.1) is 0 Å². The third-order valence-electron chi connectivity index (χ3n) is 9.11. The quantitative estimate of drug-likeness (QED) is 0.430. The monoisotopic (exact) mass is 518 g/mol. The molecule has 38 heavy (non-hydrogen) atoms. The summed E-state index contributed by atoms with van der Waals surface area (Å²) < 4.78 is 6.19. The molecule has 204 valence electrons. The minimum Gasteiger partial charge on any atom is -0.461 e. The SMILES string of the molecule is CC[C@H](C)C(=O)O[C@H]1C[C@@H](C)C=C2C=C[C@H](C)[C@H](CCC3C[C@@H](O)CC(=O)N3c3ccc4[nH]ccc4c3)[C@H]21. The number of ether oxygens (including phenoxy) is 1. The molecule has 0 saturated carbocycles. The van der Waals surface area contributed by atoms with E-state index >= 15 is 0 Å². The van der Waals surface area contributed by atoms with E-state index in [0.29, 0.717) is 24.2 Å². The van der Waals surface area contributed by atoms with Gasteiger partial charge in [-0.05, 0) is 79.7 Å². The van der Waals surface area contributed by atoms with Crippen LogP contribution < -0.4 is 4.90 Å². The van der Waals surface area contributed by atoms with Crippen LogP contribution in [0.3, 0.4) is 0 Å². The molecule has 6 nitrogen and oxygen atoms in total. The molecule has 0 spiro atoms. The van der Waals surface area contributed by atoms with Crippen molar-refractivity contribution in [1.82, 2.24) is 4.98 Å². The number of benzene rings is 1. The van der Waals surface area contributed by atoms with Crippen LogP contribution in [0, 0.1) is 29.6 Å². The number of carbonyl (C=O) groups is 2. The number of hydrogen-bond acceptors (Lipinski definition) is 4. The first-order valence-electron chi connectivity index (χ1n) is 14.4. The Kier molecular flexibility index (Phi) is 7.80. The molecule has 6 heteroatoms. The van der Waals surface area contributed by atoms with E-state index in [2.05, 4.69) is 43.1 Å². The topological polar surface area (TPSA) is 82.6 Å². The number of allylic oxidation sites excluding steroid dienone is 3. The standard InChI is InChI=1S/C32H42N2O4/c1-5-20(3)32(37)38-29-15-19(2)14-23-7-6-21(4)27(31(23)29)10-8-25-17-26(35)18-30(36)34(25)24-9-11-28-22(16-24)12-13-33-28/h6-7,9,11-14,16,19-21,25-27,29,31,33,35H,5,8,10,15,17-18H2,1-4H3/t19-,20-,21-,25?,26+,27-,29-,31-/m0/s1. The predicted molar refractivity (Wildman–Crippen MR) is 151 cm³/mol. The van der Waals surface area contributed by atoms with Crippen LogP contribution in [0.1, 0.15) is 66.2 Å². The van der Waals surface area contributed by atoms with E-state index in [4.69, 9.17) is 4.74 Å². The van der Waals surface area contributed by atoms with Gasteiger partial charge in [-0.1, -0.05) is 45.9 Å². The van der Waals surface area contributed by atoms with Crippen LogP contribution >= 0.6 is 0 Å². The van der Waals surface area contributed by atoms with Gasteiger partial charge in [0.05, 0.1) is 18.4 Å². The molecular weight excluding hydrogens is 476 g/mol. The fraction of sp³-hybridized carbons (Fsp3) is 0.562. The van der Waals surface area contributed by atoms with Crippen LogP contribution in [0.2, 0.25) is 0 Å². The third-order valence-corrected chi connectivity index (χ3v) is 9.11. The average Bonchev–Trinajstić information content (AvgIpc) is 3.35. The molecule has 1 aromatic carbocycles. The first-order valence-corrected chi connectivity index (χ1v) is 14.4. The van der Waals surface area contributed by atoms with Crippen LogP contribution in [-0.4, -0.2) is 40.2 Å².